The molecule has 0 aliphatic rings. The van der Waals surface area contributed by atoms with Gasteiger partial charge < -0.3 is 10.1 Å². The number of ether oxygens (including phenoxy) is 1. The number of hydrogen-bond donors (Lipinski definition) is 1. The van der Waals surface area contributed by atoms with Crippen molar-refractivity contribution < 1.29 is 9.53 Å². The van der Waals surface area contributed by atoms with Crippen molar-refractivity contribution in [1.82, 2.24) is 0 Å². The van der Waals surface area contributed by atoms with Crippen molar-refractivity contribution in [2.24, 2.45) is 5.41 Å². The van der Waals surface area contributed by atoms with Gasteiger partial charge in [-0.3, -0.25) is 4.79 Å². The van der Waals surface area contributed by atoms with Gasteiger partial charge in [0.1, 0.15) is 5.75 Å². The second-order valence-corrected chi connectivity index (χ2v) is 4.98. The molecule has 0 bridgehead atoms. The summed E-state index contributed by atoms with van der Waals surface area (Å²) >= 11 is 0. The first-order valence-corrected chi connectivity index (χ1v) is 5.93. The predicted octanol–water partition coefficient (Wildman–Crippen LogP) is 3.11. The Bertz CT molecular complexity index is 363. The number of hydrogen-bond acceptors (Lipinski definition) is 3. The summed E-state index contributed by atoms with van der Waals surface area (Å²) in [7, 11) is 0. The minimum atomic E-state index is -0.293. The molecule has 0 radical (unpaired) electrons. The lowest BCUT2D eigenvalue weighted by atomic mass is 9.91. The van der Waals surface area contributed by atoms with E-state index in [1.807, 2.05) is 52.0 Å². The summed E-state index contributed by atoms with van der Waals surface area (Å²) in [6.45, 7) is 8.75. The van der Waals surface area contributed by atoms with Crippen LogP contribution in [0.4, 0.5) is 5.69 Å². The summed E-state index contributed by atoms with van der Waals surface area (Å²) in [6, 6.07) is 7.63. The van der Waals surface area contributed by atoms with Crippen LogP contribution in [0.25, 0.3) is 0 Å². The third-order valence-electron chi connectivity index (χ3n) is 2.45. The quantitative estimate of drug-likeness (QED) is 0.852. The Balaban J connectivity index is 2.50. The molecule has 1 aromatic carbocycles. The molecule has 0 aliphatic heterocycles. The Morgan fingerprint density at radius 2 is 1.82 bits per heavy atom. The van der Waals surface area contributed by atoms with Crippen LogP contribution in [-0.2, 0) is 4.79 Å². The molecule has 0 saturated heterocycles. The predicted molar refractivity (Wildman–Crippen MR) is 70.6 cm³/mol. The monoisotopic (exact) mass is 235 g/mol. The molecule has 0 atom stereocenters. The average molecular weight is 235 g/mol. The van der Waals surface area contributed by atoms with Crippen molar-refractivity contribution in [3.63, 3.8) is 0 Å². The number of carbonyl (C=O) groups excluding carboxylic acids is 1. The van der Waals surface area contributed by atoms with Crippen LogP contribution in [0.2, 0.25) is 0 Å². The summed E-state index contributed by atoms with van der Waals surface area (Å²) in [6.07, 6.45) is 0. The van der Waals surface area contributed by atoms with Crippen molar-refractivity contribution in [2.75, 3.05) is 18.5 Å². The normalized spacial score (nSPS) is 11.1. The molecule has 0 fully saturated rings. The SMILES string of the molecule is CCOc1ccc(NCC(=O)C(C)(C)C)cc1. The summed E-state index contributed by atoms with van der Waals surface area (Å²) < 4.78 is 5.35. The lowest BCUT2D eigenvalue weighted by molar-refractivity contribution is -0.124. The molecule has 1 N–H and O–H groups in total. The highest BCUT2D eigenvalue weighted by Crippen LogP contribution is 2.17. The Morgan fingerprint density at radius 1 is 1.24 bits per heavy atom. The standard InChI is InChI=1S/C14H21NO2/c1-5-17-12-8-6-11(7-9-12)15-10-13(16)14(2,3)4/h6-9,15H,5,10H2,1-4H3. The van der Waals surface area contributed by atoms with Crippen LogP contribution in [-0.4, -0.2) is 18.9 Å². The second kappa shape index (κ2) is 5.71. The van der Waals surface area contributed by atoms with Crippen molar-refractivity contribution in [3.8, 4) is 5.75 Å². The summed E-state index contributed by atoms with van der Waals surface area (Å²) in [5.74, 6) is 1.05. The van der Waals surface area contributed by atoms with Crippen LogP contribution in [0.1, 0.15) is 27.7 Å². The second-order valence-electron chi connectivity index (χ2n) is 4.98. The Morgan fingerprint density at radius 3 is 2.29 bits per heavy atom. The number of anilines is 1. The van der Waals surface area contributed by atoms with E-state index < -0.39 is 0 Å². The largest absolute Gasteiger partial charge is 0.494 e. The molecule has 3 heteroatoms. The molecule has 3 nitrogen and oxygen atoms in total. The molecular weight excluding hydrogens is 214 g/mol. The highest BCUT2D eigenvalue weighted by atomic mass is 16.5. The molecule has 0 aliphatic carbocycles. The first-order valence-electron chi connectivity index (χ1n) is 5.93. The Hall–Kier alpha value is -1.51. The number of ketones is 1. The highest BCUT2D eigenvalue weighted by Gasteiger charge is 2.20. The third-order valence-corrected chi connectivity index (χ3v) is 2.45. The van der Waals surface area contributed by atoms with Gasteiger partial charge in [-0.05, 0) is 31.2 Å². The molecule has 0 aromatic heterocycles. The minimum Gasteiger partial charge on any atom is -0.494 e. The van der Waals surface area contributed by atoms with Crippen molar-refractivity contribution in [2.45, 2.75) is 27.7 Å². The topological polar surface area (TPSA) is 38.3 Å². The maximum atomic E-state index is 11.7. The average Bonchev–Trinajstić information content (AvgIpc) is 2.27. The fourth-order valence-electron chi connectivity index (χ4n) is 1.28. The van der Waals surface area contributed by atoms with E-state index in [2.05, 4.69) is 5.32 Å². The Kier molecular flexibility index (Phi) is 4.55. The lowest BCUT2D eigenvalue weighted by Gasteiger charge is -2.17. The van der Waals surface area contributed by atoms with Gasteiger partial charge in [-0.1, -0.05) is 20.8 Å². The molecule has 17 heavy (non-hydrogen) atoms. The zero-order valence-corrected chi connectivity index (χ0v) is 11.0. The molecule has 0 amide bonds. The maximum absolute atomic E-state index is 11.7. The van der Waals surface area contributed by atoms with Crippen molar-refractivity contribution in [3.05, 3.63) is 24.3 Å². The molecule has 1 aromatic rings. The van der Waals surface area contributed by atoms with Crippen LogP contribution < -0.4 is 10.1 Å². The van der Waals surface area contributed by atoms with Gasteiger partial charge in [0.15, 0.2) is 5.78 Å². The van der Waals surface area contributed by atoms with E-state index in [4.69, 9.17) is 4.74 Å². The fraction of sp³-hybridized carbons (Fsp3) is 0.500. The molecule has 0 saturated carbocycles. The number of benzene rings is 1. The van der Waals surface area contributed by atoms with Gasteiger partial charge in [0.05, 0.1) is 13.2 Å². The first-order chi connectivity index (χ1) is 7.93. The van der Waals surface area contributed by atoms with E-state index in [-0.39, 0.29) is 11.2 Å². The van der Waals surface area contributed by atoms with Gasteiger partial charge in [0.25, 0.3) is 0 Å². The molecule has 94 valence electrons. The van der Waals surface area contributed by atoms with Gasteiger partial charge >= 0.3 is 0 Å². The highest BCUT2D eigenvalue weighted by molar-refractivity contribution is 5.87. The third kappa shape index (κ3) is 4.47. The van der Waals surface area contributed by atoms with Crippen LogP contribution in [0, 0.1) is 5.41 Å². The molecular formula is C14H21NO2. The molecule has 1 rings (SSSR count). The summed E-state index contributed by atoms with van der Waals surface area (Å²) in [4.78, 5) is 11.7. The zero-order valence-electron chi connectivity index (χ0n) is 11.0. The van der Waals surface area contributed by atoms with E-state index in [0.717, 1.165) is 11.4 Å². The van der Waals surface area contributed by atoms with Gasteiger partial charge in [-0.25, -0.2) is 0 Å². The number of Topliss-reactive ketones (excluding diaryl/α,β-unsaturated/α-hetero) is 1. The fourth-order valence-corrected chi connectivity index (χ4v) is 1.28. The minimum absolute atomic E-state index is 0.200. The molecule has 0 heterocycles. The van der Waals surface area contributed by atoms with Gasteiger partial charge in [0.2, 0.25) is 0 Å². The molecule has 0 spiro atoms. The lowest BCUT2D eigenvalue weighted by Crippen LogP contribution is -2.27. The number of nitrogens with one attached hydrogen (secondary N) is 1. The summed E-state index contributed by atoms with van der Waals surface area (Å²) in [5, 5.41) is 3.12. The van der Waals surface area contributed by atoms with E-state index in [9.17, 15) is 4.79 Å². The van der Waals surface area contributed by atoms with Gasteiger partial charge in [-0.2, -0.15) is 0 Å². The summed E-state index contributed by atoms with van der Waals surface area (Å²) in [5.41, 5.74) is 0.643. The Labute approximate surface area is 103 Å². The van der Waals surface area contributed by atoms with Gasteiger partial charge in [-0.15, -0.1) is 0 Å². The van der Waals surface area contributed by atoms with E-state index in [1.54, 1.807) is 0 Å². The zero-order chi connectivity index (χ0) is 12.9. The van der Waals surface area contributed by atoms with Crippen molar-refractivity contribution >= 4 is 11.5 Å². The molecule has 0 unspecified atom stereocenters. The smallest absolute Gasteiger partial charge is 0.157 e. The number of carbonyl (C=O) groups is 1. The van der Waals surface area contributed by atoms with Crippen LogP contribution in [0.3, 0.4) is 0 Å². The van der Waals surface area contributed by atoms with E-state index in [0.29, 0.717) is 13.2 Å². The maximum Gasteiger partial charge on any atom is 0.157 e. The van der Waals surface area contributed by atoms with Crippen LogP contribution in [0.5, 0.6) is 5.75 Å². The van der Waals surface area contributed by atoms with Crippen LogP contribution in [0.15, 0.2) is 24.3 Å². The van der Waals surface area contributed by atoms with Gasteiger partial charge in [0, 0.05) is 11.1 Å². The first kappa shape index (κ1) is 13.6. The van der Waals surface area contributed by atoms with E-state index >= 15 is 0 Å². The van der Waals surface area contributed by atoms with Crippen LogP contribution >= 0.6 is 0 Å². The van der Waals surface area contributed by atoms with E-state index in [1.165, 1.54) is 0 Å². The van der Waals surface area contributed by atoms with Crippen molar-refractivity contribution in [1.29, 1.82) is 0 Å². The number of rotatable bonds is 5.